The summed E-state index contributed by atoms with van der Waals surface area (Å²) in [5.74, 6) is -0.276. The van der Waals surface area contributed by atoms with Crippen LogP contribution in [0.15, 0.2) is 18.2 Å². The number of aliphatic hydroxyl groups is 1. The summed E-state index contributed by atoms with van der Waals surface area (Å²) >= 11 is 0. The third kappa shape index (κ3) is 2.51. The van der Waals surface area contributed by atoms with Gasteiger partial charge in [0.25, 0.3) is 5.91 Å². The molecule has 18 heavy (non-hydrogen) atoms. The smallest absolute Gasteiger partial charge is 0.251 e. The molecule has 1 aliphatic rings. The van der Waals surface area contributed by atoms with Crippen LogP contribution in [-0.2, 0) is 11.2 Å². The van der Waals surface area contributed by atoms with Crippen molar-refractivity contribution in [3.05, 3.63) is 29.3 Å². The molecule has 0 radical (unpaired) electrons. The van der Waals surface area contributed by atoms with Crippen LogP contribution < -0.4 is 10.6 Å². The highest BCUT2D eigenvalue weighted by Gasteiger charge is 2.19. The van der Waals surface area contributed by atoms with Crippen molar-refractivity contribution in [1.82, 2.24) is 5.32 Å². The second kappa shape index (κ2) is 5.18. The number of aliphatic hydroxyl groups excluding tert-OH is 1. The number of carbonyl (C=O) groups excluding carboxylic acids is 2. The van der Waals surface area contributed by atoms with Crippen LogP contribution in [0.5, 0.6) is 0 Å². The van der Waals surface area contributed by atoms with Gasteiger partial charge in [-0.05, 0) is 30.2 Å². The van der Waals surface area contributed by atoms with E-state index in [1.807, 2.05) is 6.92 Å². The number of rotatable bonds is 4. The van der Waals surface area contributed by atoms with E-state index in [9.17, 15) is 9.59 Å². The van der Waals surface area contributed by atoms with Gasteiger partial charge >= 0.3 is 0 Å². The number of carbonyl (C=O) groups is 2. The normalized spacial score (nSPS) is 14.9. The Hall–Kier alpha value is -1.88. The maximum Gasteiger partial charge on any atom is 0.251 e. The molecule has 0 aromatic heterocycles. The number of anilines is 1. The molecule has 1 aromatic rings. The van der Waals surface area contributed by atoms with Crippen LogP contribution in [-0.4, -0.2) is 29.6 Å². The summed E-state index contributed by atoms with van der Waals surface area (Å²) in [4.78, 5) is 23.1. The van der Waals surface area contributed by atoms with Gasteiger partial charge in [0.1, 0.15) is 0 Å². The lowest BCUT2D eigenvalue weighted by Gasteiger charge is -2.14. The van der Waals surface area contributed by atoms with Crippen LogP contribution in [0.4, 0.5) is 5.69 Å². The predicted molar refractivity (Wildman–Crippen MR) is 67.4 cm³/mol. The molecule has 0 fully saturated rings. The minimum atomic E-state index is -0.231. The minimum Gasteiger partial charge on any atom is -0.394 e. The van der Waals surface area contributed by atoms with Gasteiger partial charge in [-0.15, -0.1) is 0 Å². The van der Waals surface area contributed by atoms with Gasteiger partial charge in [0.2, 0.25) is 5.91 Å². The second-order valence-electron chi connectivity index (χ2n) is 4.36. The quantitative estimate of drug-likeness (QED) is 0.733. The largest absolute Gasteiger partial charge is 0.394 e. The van der Waals surface area contributed by atoms with Crippen LogP contribution in [0.3, 0.4) is 0 Å². The highest BCUT2D eigenvalue weighted by Crippen LogP contribution is 2.23. The zero-order chi connectivity index (χ0) is 13.1. The molecule has 1 heterocycles. The molecular weight excluding hydrogens is 232 g/mol. The fourth-order valence-electron chi connectivity index (χ4n) is 1.92. The molecule has 5 nitrogen and oxygen atoms in total. The van der Waals surface area contributed by atoms with Gasteiger partial charge in [-0.1, -0.05) is 6.92 Å². The van der Waals surface area contributed by atoms with Crippen molar-refractivity contribution < 1.29 is 14.7 Å². The summed E-state index contributed by atoms with van der Waals surface area (Å²) in [7, 11) is 0. The number of amides is 2. The Morgan fingerprint density at radius 3 is 3.00 bits per heavy atom. The van der Waals surface area contributed by atoms with Crippen LogP contribution in [0.25, 0.3) is 0 Å². The number of hydrogen-bond donors (Lipinski definition) is 3. The van der Waals surface area contributed by atoms with Crippen molar-refractivity contribution in [2.45, 2.75) is 25.8 Å². The Bertz CT molecular complexity index is 481. The maximum absolute atomic E-state index is 11.9. The summed E-state index contributed by atoms with van der Waals surface area (Å²) in [6.45, 7) is 1.82. The maximum atomic E-state index is 11.9. The van der Waals surface area contributed by atoms with Gasteiger partial charge in [-0.25, -0.2) is 0 Å². The summed E-state index contributed by atoms with van der Waals surface area (Å²) < 4.78 is 0. The monoisotopic (exact) mass is 248 g/mol. The van der Waals surface area contributed by atoms with Crippen LogP contribution >= 0.6 is 0 Å². The standard InChI is InChI=1S/C13H16N2O3/c1-2-10(7-16)14-13(18)8-3-4-11-9(5-8)6-12(17)15-11/h3-5,10,16H,2,6-7H2,1H3,(H,14,18)(H,15,17)/t10-/m1/s1. The first-order chi connectivity index (χ1) is 8.63. The van der Waals surface area contributed by atoms with Gasteiger partial charge in [0.05, 0.1) is 19.1 Å². The third-order valence-electron chi connectivity index (χ3n) is 3.04. The molecule has 0 saturated heterocycles. The van der Waals surface area contributed by atoms with E-state index >= 15 is 0 Å². The van der Waals surface area contributed by atoms with Crippen molar-refractivity contribution in [2.75, 3.05) is 11.9 Å². The van der Waals surface area contributed by atoms with E-state index in [1.165, 1.54) is 0 Å². The van der Waals surface area contributed by atoms with E-state index in [0.29, 0.717) is 18.4 Å². The molecule has 96 valence electrons. The van der Waals surface area contributed by atoms with Gasteiger partial charge in [0, 0.05) is 11.3 Å². The zero-order valence-corrected chi connectivity index (χ0v) is 10.2. The lowest BCUT2D eigenvalue weighted by molar-refractivity contribution is -0.115. The van der Waals surface area contributed by atoms with Crippen LogP contribution in [0.1, 0.15) is 29.3 Å². The molecule has 0 unspecified atom stereocenters. The van der Waals surface area contributed by atoms with Crippen LogP contribution in [0, 0.1) is 0 Å². The highest BCUT2D eigenvalue weighted by molar-refractivity contribution is 6.01. The van der Waals surface area contributed by atoms with Gasteiger partial charge in [-0.3, -0.25) is 9.59 Å². The summed E-state index contributed by atoms with van der Waals surface area (Å²) in [6.07, 6.45) is 0.987. The van der Waals surface area contributed by atoms with Gasteiger partial charge in [-0.2, -0.15) is 0 Å². The highest BCUT2D eigenvalue weighted by atomic mass is 16.3. The van der Waals surface area contributed by atoms with E-state index in [4.69, 9.17) is 5.11 Å². The first-order valence-corrected chi connectivity index (χ1v) is 5.98. The van der Waals surface area contributed by atoms with Crippen molar-refractivity contribution in [2.24, 2.45) is 0 Å². The minimum absolute atomic E-state index is 0.0515. The van der Waals surface area contributed by atoms with E-state index in [1.54, 1.807) is 18.2 Å². The zero-order valence-electron chi connectivity index (χ0n) is 10.2. The average molecular weight is 248 g/mol. The summed E-state index contributed by atoms with van der Waals surface area (Å²) in [5.41, 5.74) is 2.12. The lowest BCUT2D eigenvalue weighted by Crippen LogP contribution is -2.36. The molecule has 0 aliphatic carbocycles. The first kappa shape index (κ1) is 12.6. The van der Waals surface area contributed by atoms with Crippen molar-refractivity contribution in [3.8, 4) is 0 Å². The lowest BCUT2D eigenvalue weighted by atomic mass is 10.1. The fraction of sp³-hybridized carbons (Fsp3) is 0.385. The number of benzene rings is 1. The molecule has 0 saturated carbocycles. The average Bonchev–Trinajstić information content (AvgIpc) is 2.74. The molecule has 5 heteroatoms. The molecule has 3 N–H and O–H groups in total. The molecule has 2 amide bonds. The Balaban J connectivity index is 2.13. The van der Waals surface area contributed by atoms with Gasteiger partial charge < -0.3 is 15.7 Å². The first-order valence-electron chi connectivity index (χ1n) is 5.98. The molecule has 2 rings (SSSR count). The van der Waals surface area contributed by atoms with Crippen molar-refractivity contribution >= 4 is 17.5 Å². The molecular formula is C13H16N2O3. The number of hydrogen-bond acceptors (Lipinski definition) is 3. The Morgan fingerprint density at radius 2 is 2.33 bits per heavy atom. The molecule has 1 atom stereocenters. The van der Waals surface area contributed by atoms with Gasteiger partial charge in [0.15, 0.2) is 0 Å². The summed E-state index contributed by atoms with van der Waals surface area (Å²) in [5, 5.41) is 14.5. The SMILES string of the molecule is CC[C@H](CO)NC(=O)c1ccc2c(c1)CC(=O)N2. The topological polar surface area (TPSA) is 78.4 Å². The molecule has 0 bridgehead atoms. The Labute approximate surface area is 105 Å². The van der Waals surface area contributed by atoms with Crippen LogP contribution in [0.2, 0.25) is 0 Å². The second-order valence-corrected chi connectivity index (χ2v) is 4.36. The molecule has 0 spiro atoms. The Morgan fingerprint density at radius 1 is 1.56 bits per heavy atom. The summed E-state index contributed by atoms with van der Waals surface area (Å²) in [6, 6.07) is 4.89. The van der Waals surface area contributed by atoms with E-state index in [2.05, 4.69) is 10.6 Å². The van der Waals surface area contributed by atoms with E-state index < -0.39 is 0 Å². The van der Waals surface area contributed by atoms with E-state index in [-0.39, 0.29) is 24.5 Å². The van der Waals surface area contributed by atoms with Crippen molar-refractivity contribution in [1.29, 1.82) is 0 Å². The third-order valence-corrected chi connectivity index (χ3v) is 3.04. The molecule has 1 aromatic carbocycles. The van der Waals surface area contributed by atoms with Crippen molar-refractivity contribution in [3.63, 3.8) is 0 Å². The number of nitrogens with one attached hydrogen (secondary N) is 2. The predicted octanol–water partition coefficient (Wildman–Crippen LogP) is 0.682. The fourth-order valence-corrected chi connectivity index (χ4v) is 1.92. The number of fused-ring (bicyclic) bond motifs is 1. The van der Waals surface area contributed by atoms with E-state index in [0.717, 1.165) is 11.3 Å². The Kier molecular flexibility index (Phi) is 3.62. The molecule has 1 aliphatic heterocycles.